The highest BCUT2D eigenvalue weighted by Gasteiger charge is 2.14. The number of nitrogens with one attached hydrogen (secondary N) is 1. The molecule has 1 N–H and O–H groups in total. The zero-order chi connectivity index (χ0) is 8.55. The van der Waals surface area contributed by atoms with Gasteiger partial charge in [0.1, 0.15) is 11.9 Å². The second-order valence-electron chi connectivity index (χ2n) is 2.95. The lowest BCUT2D eigenvalue weighted by Crippen LogP contribution is -2.27. The molecule has 0 amide bonds. The molecule has 0 aromatic heterocycles. The topological polar surface area (TPSA) is 21.3 Å². The van der Waals surface area contributed by atoms with Gasteiger partial charge in [0.15, 0.2) is 0 Å². The third-order valence-corrected chi connectivity index (χ3v) is 2.34. The van der Waals surface area contributed by atoms with E-state index in [1.807, 2.05) is 18.2 Å². The van der Waals surface area contributed by atoms with Crippen molar-refractivity contribution in [3.63, 3.8) is 0 Å². The maximum atomic E-state index is 5.60. The Morgan fingerprint density at radius 2 is 2.42 bits per heavy atom. The van der Waals surface area contributed by atoms with Crippen molar-refractivity contribution < 1.29 is 4.74 Å². The van der Waals surface area contributed by atoms with Gasteiger partial charge >= 0.3 is 0 Å². The second kappa shape index (κ2) is 2.98. The molecule has 12 heavy (non-hydrogen) atoms. The Hall–Kier alpha value is -0.700. The summed E-state index contributed by atoms with van der Waals surface area (Å²) in [5, 5.41) is 3.30. The number of fused-ring (bicyclic) bond motifs is 1. The Morgan fingerprint density at radius 3 is 3.25 bits per heavy atom. The third-order valence-electron chi connectivity index (χ3n) is 1.85. The summed E-state index contributed by atoms with van der Waals surface area (Å²) in [5.74, 6) is 0.942. The monoisotopic (exact) mass is 227 g/mol. The third kappa shape index (κ3) is 1.41. The lowest BCUT2D eigenvalue weighted by Gasteiger charge is -2.24. The molecule has 0 saturated carbocycles. The Morgan fingerprint density at radius 1 is 1.58 bits per heavy atom. The summed E-state index contributed by atoms with van der Waals surface area (Å²) >= 11 is 3.41. The number of ether oxygens (including phenoxy) is 1. The smallest absolute Gasteiger partial charge is 0.142 e. The number of hydrogen-bond acceptors (Lipinski definition) is 2. The van der Waals surface area contributed by atoms with Gasteiger partial charge in [-0.3, -0.25) is 0 Å². The Balaban J connectivity index is 2.37. The van der Waals surface area contributed by atoms with Crippen LogP contribution in [0.5, 0.6) is 5.75 Å². The number of benzene rings is 1. The van der Waals surface area contributed by atoms with Gasteiger partial charge in [-0.05, 0) is 25.1 Å². The van der Waals surface area contributed by atoms with Crippen LogP contribution in [0.15, 0.2) is 22.7 Å². The minimum absolute atomic E-state index is 0.263. The van der Waals surface area contributed by atoms with E-state index < -0.39 is 0 Å². The van der Waals surface area contributed by atoms with E-state index in [2.05, 4.69) is 28.2 Å². The summed E-state index contributed by atoms with van der Waals surface area (Å²) in [4.78, 5) is 0. The molecule has 1 heterocycles. The van der Waals surface area contributed by atoms with E-state index in [0.29, 0.717) is 0 Å². The quantitative estimate of drug-likeness (QED) is 0.736. The lowest BCUT2D eigenvalue weighted by atomic mass is 10.2. The predicted octanol–water partition coefficient (Wildman–Crippen LogP) is 2.64. The Kier molecular flexibility index (Phi) is 1.97. The fourth-order valence-corrected chi connectivity index (χ4v) is 1.62. The summed E-state index contributed by atoms with van der Waals surface area (Å²) < 4.78 is 6.68. The number of anilines is 1. The summed E-state index contributed by atoms with van der Waals surface area (Å²) in [6.45, 7) is 2.93. The maximum absolute atomic E-state index is 5.60. The van der Waals surface area contributed by atoms with E-state index in [4.69, 9.17) is 4.74 Å². The minimum Gasteiger partial charge on any atom is -0.487 e. The van der Waals surface area contributed by atoms with Crippen LogP contribution in [0.3, 0.4) is 0 Å². The summed E-state index contributed by atoms with van der Waals surface area (Å²) in [5.41, 5.74) is 1.07. The largest absolute Gasteiger partial charge is 0.487 e. The number of hydrogen-bond donors (Lipinski definition) is 1. The van der Waals surface area contributed by atoms with E-state index in [1.54, 1.807) is 0 Å². The molecule has 1 aromatic carbocycles. The first-order valence-electron chi connectivity index (χ1n) is 3.96. The van der Waals surface area contributed by atoms with Gasteiger partial charge in [-0.15, -0.1) is 0 Å². The predicted molar refractivity (Wildman–Crippen MR) is 52.7 cm³/mol. The first-order chi connectivity index (χ1) is 5.75. The average molecular weight is 228 g/mol. The van der Waals surface area contributed by atoms with Crippen LogP contribution in [0.4, 0.5) is 5.69 Å². The molecule has 1 aliphatic heterocycles. The van der Waals surface area contributed by atoms with Gasteiger partial charge in [0.25, 0.3) is 0 Å². The van der Waals surface area contributed by atoms with Crippen molar-refractivity contribution >= 4 is 21.6 Å². The molecule has 2 rings (SSSR count). The molecular weight excluding hydrogens is 218 g/mol. The van der Waals surface area contributed by atoms with Crippen molar-refractivity contribution in [3.8, 4) is 5.75 Å². The molecular formula is C9H10BrNO. The molecule has 0 unspecified atom stereocenters. The Bertz CT molecular complexity index is 301. The van der Waals surface area contributed by atoms with Crippen LogP contribution in [0.2, 0.25) is 0 Å². The van der Waals surface area contributed by atoms with E-state index in [9.17, 15) is 0 Å². The van der Waals surface area contributed by atoms with Crippen LogP contribution in [0.25, 0.3) is 0 Å². The fourth-order valence-electron chi connectivity index (χ4n) is 1.26. The number of halogens is 1. The zero-order valence-electron chi connectivity index (χ0n) is 6.80. The molecule has 0 bridgehead atoms. The molecule has 64 valence electrons. The van der Waals surface area contributed by atoms with Gasteiger partial charge in [0.05, 0.1) is 12.2 Å². The molecule has 2 nitrogen and oxygen atoms in total. The molecule has 0 saturated heterocycles. The summed E-state index contributed by atoms with van der Waals surface area (Å²) in [6.07, 6.45) is 0.263. The van der Waals surface area contributed by atoms with E-state index in [0.717, 1.165) is 22.5 Å². The van der Waals surface area contributed by atoms with Crippen molar-refractivity contribution in [2.75, 3.05) is 11.9 Å². The molecule has 1 aromatic rings. The van der Waals surface area contributed by atoms with E-state index in [1.165, 1.54) is 0 Å². The zero-order valence-corrected chi connectivity index (χ0v) is 8.39. The van der Waals surface area contributed by atoms with Gasteiger partial charge in [-0.2, -0.15) is 0 Å². The molecule has 0 aliphatic carbocycles. The normalized spacial score (nSPS) is 20.7. The standard InChI is InChI=1S/C9H10BrNO/c1-6-5-11-8-4-7(10)2-3-9(8)12-6/h2-4,6,11H,5H2,1H3/t6-/m0/s1. The van der Waals surface area contributed by atoms with Crippen LogP contribution in [0.1, 0.15) is 6.92 Å². The van der Waals surface area contributed by atoms with Gasteiger partial charge in [0, 0.05) is 4.47 Å². The lowest BCUT2D eigenvalue weighted by molar-refractivity contribution is 0.226. The summed E-state index contributed by atoms with van der Waals surface area (Å²) in [7, 11) is 0. The van der Waals surface area contributed by atoms with Crippen molar-refractivity contribution in [1.29, 1.82) is 0 Å². The molecule has 0 radical (unpaired) electrons. The fraction of sp³-hybridized carbons (Fsp3) is 0.333. The highest BCUT2D eigenvalue weighted by atomic mass is 79.9. The molecule has 0 spiro atoms. The van der Waals surface area contributed by atoms with Crippen LogP contribution < -0.4 is 10.1 Å². The molecule has 1 atom stereocenters. The van der Waals surface area contributed by atoms with E-state index in [-0.39, 0.29) is 6.10 Å². The van der Waals surface area contributed by atoms with Gasteiger partial charge in [0.2, 0.25) is 0 Å². The highest BCUT2D eigenvalue weighted by molar-refractivity contribution is 9.10. The van der Waals surface area contributed by atoms with Gasteiger partial charge in [-0.1, -0.05) is 15.9 Å². The maximum Gasteiger partial charge on any atom is 0.142 e. The van der Waals surface area contributed by atoms with Gasteiger partial charge in [-0.25, -0.2) is 0 Å². The summed E-state index contributed by atoms with van der Waals surface area (Å²) in [6, 6.07) is 5.99. The molecule has 1 aliphatic rings. The first kappa shape index (κ1) is 7.92. The minimum atomic E-state index is 0.263. The second-order valence-corrected chi connectivity index (χ2v) is 3.87. The van der Waals surface area contributed by atoms with Crippen LogP contribution in [-0.4, -0.2) is 12.6 Å². The van der Waals surface area contributed by atoms with Crippen LogP contribution in [-0.2, 0) is 0 Å². The van der Waals surface area contributed by atoms with Crippen molar-refractivity contribution in [2.24, 2.45) is 0 Å². The van der Waals surface area contributed by atoms with Crippen LogP contribution >= 0.6 is 15.9 Å². The van der Waals surface area contributed by atoms with Gasteiger partial charge < -0.3 is 10.1 Å². The first-order valence-corrected chi connectivity index (χ1v) is 4.75. The molecule has 0 fully saturated rings. The van der Waals surface area contributed by atoms with E-state index >= 15 is 0 Å². The Labute approximate surface area is 80.1 Å². The number of rotatable bonds is 0. The van der Waals surface area contributed by atoms with Crippen molar-refractivity contribution in [3.05, 3.63) is 22.7 Å². The van der Waals surface area contributed by atoms with Crippen molar-refractivity contribution in [2.45, 2.75) is 13.0 Å². The highest BCUT2D eigenvalue weighted by Crippen LogP contribution is 2.31. The SMILES string of the molecule is C[C@H]1CNc2cc(Br)ccc2O1. The molecule has 3 heteroatoms. The average Bonchev–Trinajstić information content (AvgIpc) is 2.05. The van der Waals surface area contributed by atoms with Crippen LogP contribution in [0, 0.1) is 0 Å². The van der Waals surface area contributed by atoms with Crippen molar-refractivity contribution in [1.82, 2.24) is 0 Å².